The highest BCUT2D eigenvalue weighted by Gasteiger charge is 2.12. The van der Waals surface area contributed by atoms with Crippen LogP contribution in [-0.2, 0) is 6.42 Å². The first-order valence-corrected chi connectivity index (χ1v) is 5.00. The van der Waals surface area contributed by atoms with Crippen LogP contribution >= 0.6 is 0 Å². The maximum Gasteiger partial charge on any atom is 0.0950 e. The lowest BCUT2D eigenvalue weighted by Gasteiger charge is -2.14. The Morgan fingerprint density at radius 3 is 2.67 bits per heavy atom. The van der Waals surface area contributed by atoms with Gasteiger partial charge in [-0.05, 0) is 28.0 Å². The van der Waals surface area contributed by atoms with Gasteiger partial charge in [-0.25, -0.2) is 0 Å². The molecule has 0 N–H and O–H groups in total. The standard InChI is InChI=1S/C14H9N/c15-9-10-7-12-5-1-3-11-4-2-6-13(8-10)14(11)12/h1-7H,8H2. The van der Waals surface area contributed by atoms with Crippen molar-refractivity contribution in [3.8, 4) is 6.07 Å². The second-order valence-corrected chi connectivity index (χ2v) is 3.82. The van der Waals surface area contributed by atoms with Gasteiger partial charge in [0.1, 0.15) is 0 Å². The summed E-state index contributed by atoms with van der Waals surface area (Å²) in [4.78, 5) is 0. The summed E-state index contributed by atoms with van der Waals surface area (Å²) < 4.78 is 0. The Bertz CT molecular complexity index is 610. The normalized spacial score (nSPS) is 13.4. The fourth-order valence-electron chi connectivity index (χ4n) is 2.23. The fourth-order valence-corrected chi connectivity index (χ4v) is 2.23. The van der Waals surface area contributed by atoms with Crippen molar-refractivity contribution < 1.29 is 0 Å². The molecule has 0 amide bonds. The summed E-state index contributed by atoms with van der Waals surface area (Å²) in [6, 6.07) is 14.8. The molecule has 0 aliphatic heterocycles. The summed E-state index contributed by atoms with van der Waals surface area (Å²) in [7, 11) is 0. The van der Waals surface area contributed by atoms with E-state index in [1.807, 2.05) is 12.1 Å². The molecule has 1 aliphatic carbocycles. The third-order valence-corrected chi connectivity index (χ3v) is 2.88. The van der Waals surface area contributed by atoms with E-state index in [4.69, 9.17) is 5.26 Å². The Balaban J connectivity index is 2.44. The molecule has 0 atom stereocenters. The van der Waals surface area contributed by atoms with Crippen LogP contribution in [0.15, 0.2) is 42.0 Å². The minimum atomic E-state index is 0.769. The topological polar surface area (TPSA) is 23.8 Å². The second-order valence-electron chi connectivity index (χ2n) is 3.82. The molecule has 2 aromatic carbocycles. The van der Waals surface area contributed by atoms with Crippen LogP contribution in [0.3, 0.4) is 0 Å². The molecule has 1 aliphatic rings. The number of nitriles is 1. The maximum atomic E-state index is 8.95. The van der Waals surface area contributed by atoms with Crippen molar-refractivity contribution in [3.63, 3.8) is 0 Å². The van der Waals surface area contributed by atoms with Gasteiger partial charge in [-0.15, -0.1) is 0 Å². The predicted molar refractivity (Wildman–Crippen MR) is 61.2 cm³/mol. The average Bonchev–Trinajstić information content (AvgIpc) is 2.29. The lowest BCUT2D eigenvalue weighted by Crippen LogP contribution is -1.97. The highest BCUT2D eigenvalue weighted by molar-refractivity contribution is 5.96. The van der Waals surface area contributed by atoms with E-state index in [1.54, 1.807) is 0 Å². The van der Waals surface area contributed by atoms with E-state index >= 15 is 0 Å². The van der Waals surface area contributed by atoms with Crippen molar-refractivity contribution >= 4 is 16.8 Å². The summed E-state index contributed by atoms with van der Waals surface area (Å²) in [5.41, 5.74) is 3.29. The smallest absolute Gasteiger partial charge is 0.0950 e. The fraction of sp³-hybridized carbons (Fsp3) is 0.0714. The van der Waals surface area contributed by atoms with E-state index in [0.29, 0.717) is 0 Å². The van der Waals surface area contributed by atoms with Crippen molar-refractivity contribution in [1.29, 1.82) is 5.26 Å². The zero-order valence-corrected chi connectivity index (χ0v) is 8.20. The van der Waals surface area contributed by atoms with E-state index < -0.39 is 0 Å². The van der Waals surface area contributed by atoms with E-state index in [2.05, 4.69) is 36.4 Å². The molecule has 15 heavy (non-hydrogen) atoms. The molecule has 2 aromatic rings. The monoisotopic (exact) mass is 191 g/mol. The van der Waals surface area contributed by atoms with Crippen LogP contribution in [0.2, 0.25) is 0 Å². The Kier molecular flexibility index (Phi) is 1.63. The molecule has 0 aromatic heterocycles. The molecule has 0 unspecified atom stereocenters. The lowest BCUT2D eigenvalue weighted by atomic mass is 9.89. The van der Waals surface area contributed by atoms with E-state index in [1.165, 1.54) is 21.9 Å². The Morgan fingerprint density at radius 2 is 1.87 bits per heavy atom. The van der Waals surface area contributed by atoms with Gasteiger partial charge in [0.25, 0.3) is 0 Å². The molecule has 0 heterocycles. The molecule has 0 saturated heterocycles. The minimum absolute atomic E-state index is 0.769. The van der Waals surface area contributed by atoms with Gasteiger partial charge in [0.05, 0.1) is 6.07 Å². The van der Waals surface area contributed by atoms with Crippen molar-refractivity contribution in [3.05, 3.63) is 53.1 Å². The highest BCUT2D eigenvalue weighted by atomic mass is 14.3. The van der Waals surface area contributed by atoms with Gasteiger partial charge >= 0.3 is 0 Å². The molecule has 0 spiro atoms. The second kappa shape index (κ2) is 2.96. The predicted octanol–water partition coefficient (Wildman–Crippen LogP) is 3.30. The summed E-state index contributed by atoms with van der Waals surface area (Å²) >= 11 is 0. The maximum absolute atomic E-state index is 8.95. The van der Waals surface area contributed by atoms with E-state index in [9.17, 15) is 0 Å². The first kappa shape index (κ1) is 8.26. The third kappa shape index (κ3) is 1.15. The molecular weight excluding hydrogens is 182 g/mol. The molecule has 1 heteroatoms. The van der Waals surface area contributed by atoms with Crippen molar-refractivity contribution in [2.45, 2.75) is 6.42 Å². The highest BCUT2D eigenvalue weighted by Crippen LogP contribution is 2.30. The number of allylic oxidation sites excluding steroid dienone is 1. The summed E-state index contributed by atoms with van der Waals surface area (Å²) in [6.07, 6.45) is 2.76. The van der Waals surface area contributed by atoms with Crippen LogP contribution in [0.5, 0.6) is 0 Å². The molecule has 1 nitrogen and oxygen atoms in total. The first-order valence-electron chi connectivity index (χ1n) is 5.00. The van der Waals surface area contributed by atoms with Crippen LogP contribution in [0.4, 0.5) is 0 Å². The number of nitrogens with zero attached hydrogens (tertiary/aromatic N) is 1. The minimum Gasteiger partial charge on any atom is -0.193 e. The first-order chi connectivity index (χ1) is 7.38. The number of hydrogen-bond acceptors (Lipinski definition) is 1. The van der Waals surface area contributed by atoms with Crippen LogP contribution in [0, 0.1) is 11.3 Å². The summed E-state index contributed by atoms with van der Waals surface area (Å²) in [6.45, 7) is 0. The van der Waals surface area contributed by atoms with Crippen LogP contribution in [0.25, 0.3) is 16.8 Å². The lowest BCUT2D eigenvalue weighted by molar-refractivity contribution is 1.22. The SMILES string of the molecule is N#CC1=Cc2cccc3cccc(c23)C1. The zero-order valence-electron chi connectivity index (χ0n) is 8.20. The molecule has 0 fully saturated rings. The molecule has 0 saturated carbocycles. The average molecular weight is 191 g/mol. The number of benzene rings is 2. The zero-order chi connectivity index (χ0) is 10.3. The molecular formula is C14H9N. The van der Waals surface area contributed by atoms with Crippen molar-refractivity contribution in [1.82, 2.24) is 0 Å². The van der Waals surface area contributed by atoms with Crippen molar-refractivity contribution in [2.24, 2.45) is 0 Å². The van der Waals surface area contributed by atoms with Gasteiger partial charge in [-0.2, -0.15) is 5.26 Å². The third-order valence-electron chi connectivity index (χ3n) is 2.88. The molecule has 0 radical (unpaired) electrons. The quantitative estimate of drug-likeness (QED) is 0.626. The summed E-state index contributed by atoms with van der Waals surface area (Å²) in [5, 5.41) is 11.5. The van der Waals surface area contributed by atoms with Gasteiger partial charge in [-0.1, -0.05) is 36.4 Å². The van der Waals surface area contributed by atoms with Crippen molar-refractivity contribution in [2.75, 3.05) is 0 Å². The van der Waals surface area contributed by atoms with Crippen LogP contribution in [-0.4, -0.2) is 0 Å². The van der Waals surface area contributed by atoms with Gasteiger partial charge < -0.3 is 0 Å². The van der Waals surface area contributed by atoms with Gasteiger partial charge in [0.15, 0.2) is 0 Å². The van der Waals surface area contributed by atoms with Gasteiger partial charge in [-0.3, -0.25) is 0 Å². The van der Waals surface area contributed by atoms with Gasteiger partial charge in [0.2, 0.25) is 0 Å². The van der Waals surface area contributed by atoms with E-state index in [-0.39, 0.29) is 0 Å². The molecule has 70 valence electrons. The molecule has 3 rings (SSSR count). The molecule has 0 bridgehead atoms. The number of rotatable bonds is 0. The Labute approximate surface area is 88.3 Å². The van der Waals surface area contributed by atoms with Crippen LogP contribution < -0.4 is 0 Å². The summed E-state index contributed by atoms with van der Waals surface area (Å²) in [5.74, 6) is 0. The Hall–Kier alpha value is -2.07. The van der Waals surface area contributed by atoms with Gasteiger partial charge in [0, 0.05) is 12.0 Å². The number of hydrogen-bond donors (Lipinski definition) is 0. The largest absolute Gasteiger partial charge is 0.193 e. The Morgan fingerprint density at radius 1 is 1.07 bits per heavy atom. The van der Waals surface area contributed by atoms with Crippen LogP contribution in [0.1, 0.15) is 11.1 Å². The van der Waals surface area contributed by atoms with E-state index in [0.717, 1.165) is 12.0 Å².